The van der Waals surface area contributed by atoms with Crippen molar-refractivity contribution in [3.63, 3.8) is 0 Å². The predicted molar refractivity (Wildman–Crippen MR) is 50.6 cm³/mol. The molecule has 0 aliphatic heterocycles. The summed E-state index contributed by atoms with van der Waals surface area (Å²) >= 11 is 0. The van der Waals surface area contributed by atoms with Gasteiger partial charge in [-0.1, -0.05) is 20.3 Å². The Bertz CT molecular complexity index is 266. The van der Waals surface area contributed by atoms with Gasteiger partial charge in [0.05, 0.1) is 0 Å². The smallest absolute Gasteiger partial charge is 0.326 e. The Kier molecular flexibility index (Phi) is 3.12. The number of hydrogen-bond acceptors (Lipinski definition) is 1. The molecule has 0 radical (unpaired) electrons. The predicted octanol–water partition coefficient (Wildman–Crippen LogP) is 2.16. The first-order chi connectivity index (χ1) is 6.16. The van der Waals surface area contributed by atoms with Gasteiger partial charge in [0.15, 0.2) is 0 Å². The summed E-state index contributed by atoms with van der Waals surface area (Å²) in [5.41, 5.74) is 0. The Morgan fingerprint density at radius 2 is 2.00 bits per heavy atom. The second-order valence-corrected chi connectivity index (χ2v) is 3.30. The summed E-state index contributed by atoms with van der Waals surface area (Å²) in [6, 6.07) is 3.26. The molecule has 0 spiro atoms. The van der Waals surface area contributed by atoms with Crippen molar-refractivity contribution in [3.05, 3.63) is 24.5 Å². The molecule has 0 unspecified atom stereocenters. The van der Waals surface area contributed by atoms with Crippen molar-refractivity contribution < 1.29 is 9.90 Å². The van der Waals surface area contributed by atoms with Gasteiger partial charge in [-0.05, 0) is 18.1 Å². The fraction of sp³-hybridized carbons (Fsp3) is 0.500. The Morgan fingerprint density at radius 3 is 2.38 bits per heavy atom. The lowest BCUT2D eigenvalue weighted by molar-refractivity contribution is -0.142. The van der Waals surface area contributed by atoms with Crippen molar-refractivity contribution in [3.8, 4) is 0 Å². The Balaban J connectivity index is 2.87. The number of aliphatic carboxylic acids is 1. The third-order valence-electron chi connectivity index (χ3n) is 2.38. The molecule has 1 aromatic rings. The standard InChI is InChI=1S/C10H15NO2/c1-3-8(2)9(10(12)13)11-6-4-5-7-11/h4-9H,3H2,1-2H3,(H,12,13)/t8-,9+/m1/s1. The maximum Gasteiger partial charge on any atom is 0.326 e. The van der Waals surface area contributed by atoms with E-state index in [9.17, 15) is 4.79 Å². The van der Waals surface area contributed by atoms with Crippen LogP contribution in [0.25, 0.3) is 0 Å². The van der Waals surface area contributed by atoms with E-state index in [0.29, 0.717) is 0 Å². The summed E-state index contributed by atoms with van der Waals surface area (Å²) in [5.74, 6) is -0.601. The Labute approximate surface area is 78.0 Å². The topological polar surface area (TPSA) is 42.2 Å². The minimum Gasteiger partial charge on any atom is -0.480 e. The molecular weight excluding hydrogens is 166 g/mol. The molecule has 0 saturated heterocycles. The van der Waals surface area contributed by atoms with Crippen molar-refractivity contribution in [2.45, 2.75) is 26.3 Å². The molecule has 13 heavy (non-hydrogen) atoms. The quantitative estimate of drug-likeness (QED) is 0.773. The molecule has 0 saturated carbocycles. The second kappa shape index (κ2) is 4.12. The van der Waals surface area contributed by atoms with Gasteiger partial charge < -0.3 is 9.67 Å². The molecule has 72 valence electrons. The van der Waals surface area contributed by atoms with Crippen LogP contribution >= 0.6 is 0 Å². The van der Waals surface area contributed by atoms with Crippen LogP contribution in [0.5, 0.6) is 0 Å². The fourth-order valence-corrected chi connectivity index (χ4v) is 1.42. The van der Waals surface area contributed by atoms with Gasteiger partial charge >= 0.3 is 5.97 Å². The first-order valence-electron chi connectivity index (χ1n) is 4.52. The molecule has 3 heteroatoms. The molecule has 1 N–H and O–H groups in total. The summed E-state index contributed by atoms with van der Waals surface area (Å²) in [4.78, 5) is 11.0. The number of rotatable bonds is 4. The van der Waals surface area contributed by atoms with Gasteiger partial charge in [0, 0.05) is 12.4 Å². The monoisotopic (exact) mass is 181 g/mol. The zero-order valence-electron chi connectivity index (χ0n) is 7.97. The van der Waals surface area contributed by atoms with E-state index in [1.165, 1.54) is 0 Å². The summed E-state index contributed by atoms with van der Waals surface area (Å²) in [6.07, 6.45) is 4.46. The van der Waals surface area contributed by atoms with Gasteiger partial charge in [-0.3, -0.25) is 0 Å². The summed E-state index contributed by atoms with van der Waals surface area (Å²) in [5, 5.41) is 9.03. The van der Waals surface area contributed by atoms with Crippen LogP contribution in [0.4, 0.5) is 0 Å². The fourth-order valence-electron chi connectivity index (χ4n) is 1.42. The Morgan fingerprint density at radius 1 is 1.46 bits per heavy atom. The largest absolute Gasteiger partial charge is 0.480 e. The zero-order valence-corrected chi connectivity index (χ0v) is 7.97. The van der Waals surface area contributed by atoms with E-state index >= 15 is 0 Å². The average Bonchev–Trinajstić information content (AvgIpc) is 2.56. The number of hydrogen-bond donors (Lipinski definition) is 1. The van der Waals surface area contributed by atoms with Crippen LogP contribution in [-0.2, 0) is 4.79 Å². The lowest BCUT2D eigenvalue weighted by Gasteiger charge is -2.20. The number of carboxylic acid groups (broad SMARTS) is 1. The first-order valence-corrected chi connectivity index (χ1v) is 4.52. The molecule has 0 aliphatic carbocycles. The minimum atomic E-state index is -0.759. The van der Waals surface area contributed by atoms with Crippen LogP contribution in [-0.4, -0.2) is 15.6 Å². The molecule has 0 aliphatic rings. The normalized spacial score (nSPS) is 15.2. The van der Waals surface area contributed by atoms with Crippen LogP contribution in [0.3, 0.4) is 0 Å². The lowest BCUT2D eigenvalue weighted by Crippen LogP contribution is -2.24. The number of aromatic nitrogens is 1. The van der Waals surface area contributed by atoms with Gasteiger partial charge in [0.25, 0.3) is 0 Å². The zero-order chi connectivity index (χ0) is 9.84. The van der Waals surface area contributed by atoms with Crippen LogP contribution < -0.4 is 0 Å². The number of carbonyl (C=O) groups is 1. The number of carboxylic acids is 1. The van der Waals surface area contributed by atoms with Crippen molar-refractivity contribution in [1.82, 2.24) is 4.57 Å². The van der Waals surface area contributed by atoms with E-state index < -0.39 is 12.0 Å². The Hall–Kier alpha value is -1.25. The van der Waals surface area contributed by atoms with Crippen LogP contribution in [0.2, 0.25) is 0 Å². The molecule has 3 nitrogen and oxygen atoms in total. The number of nitrogens with zero attached hydrogens (tertiary/aromatic N) is 1. The molecule has 0 amide bonds. The first kappa shape index (κ1) is 9.84. The van der Waals surface area contributed by atoms with Crippen molar-refractivity contribution in [1.29, 1.82) is 0 Å². The second-order valence-electron chi connectivity index (χ2n) is 3.30. The third kappa shape index (κ3) is 2.11. The van der Waals surface area contributed by atoms with Crippen LogP contribution in [0, 0.1) is 5.92 Å². The van der Waals surface area contributed by atoms with Gasteiger partial charge in [0.2, 0.25) is 0 Å². The molecule has 1 aromatic heterocycles. The van der Waals surface area contributed by atoms with Crippen molar-refractivity contribution in [2.75, 3.05) is 0 Å². The molecule has 0 bridgehead atoms. The van der Waals surface area contributed by atoms with E-state index in [0.717, 1.165) is 6.42 Å². The average molecular weight is 181 g/mol. The van der Waals surface area contributed by atoms with E-state index in [-0.39, 0.29) is 5.92 Å². The van der Waals surface area contributed by atoms with E-state index in [1.54, 1.807) is 17.0 Å². The van der Waals surface area contributed by atoms with Crippen LogP contribution in [0.15, 0.2) is 24.5 Å². The minimum absolute atomic E-state index is 0.157. The third-order valence-corrected chi connectivity index (χ3v) is 2.38. The molecular formula is C10H15NO2. The summed E-state index contributed by atoms with van der Waals surface area (Å²) in [6.45, 7) is 3.96. The lowest BCUT2D eigenvalue weighted by atomic mass is 9.99. The highest BCUT2D eigenvalue weighted by Gasteiger charge is 2.23. The van der Waals surface area contributed by atoms with Crippen molar-refractivity contribution in [2.24, 2.45) is 5.92 Å². The van der Waals surface area contributed by atoms with Crippen LogP contribution in [0.1, 0.15) is 26.3 Å². The van der Waals surface area contributed by atoms with Gasteiger partial charge in [-0.15, -0.1) is 0 Å². The van der Waals surface area contributed by atoms with Gasteiger partial charge in [-0.25, -0.2) is 4.79 Å². The van der Waals surface area contributed by atoms with Gasteiger partial charge in [0.1, 0.15) is 6.04 Å². The van der Waals surface area contributed by atoms with Gasteiger partial charge in [-0.2, -0.15) is 0 Å². The molecule has 0 fully saturated rings. The maximum atomic E-state index is 11.0. The molecule has 1 heterocycles. The summed E-state index contributed by atoms with van der Waals surface area (Å²) < 4.78 is 1.75. The SMILES string of the molecule is CC[C@@H](C)[C@@H](C(=O)O)n1cccc1. The highest BCUT2D eigenvalue weighted by atomic mass is 16.4. The highest BCUT2D eigenvalue weighted by Crippen LogP contribution is 2.21. The van der Waals surface area contributed by atoms with Crippen molar-refractivity contribution >= 4 is 5.97 Å². The van der Waals surface area contributed by atoms with E-state index in [4.69, 9.17) is 5.11 Å². The van der Waals surface area contributed by atoms with E-state index in [1.807, 2.05) is 26.0 Å². The molecule has 1 rings (SSSR count). The molecule has 0 aromatic carbocycles. The van der Waals surface area contributed by atoms with E-state index in [2.05, 4.69) is 0 Å². The highest BCUT2D eigenvalue weighted by molar-refractivity contribution is 5.72. The summed E-state index contributed by atoms with van der Waals surface area (Å²) in [7, 11) is 0. The maximum absolute atomic E-state index is 11.0. The molecule has 2 atom stereocenters.